The van der Waals surface area contributed by atoms with E-state index in [0.29, 0.717) is 11.4 Å². The first kappa shape index (κ1) is 13.6. The number of nitrogens with one attached hydrogen (secondary N) is 1. The van der Waals surface area contributed by atoms with E-state index in [2.05, 4.69) is 10.3 Å². The van der Waals surface area contributed by atoms with E-state index in [-0.39, 0.29) is 11.9 Å². The van der Waals surface area contributed by atoms with E-state index in [0.717, 1.165) is 11.1 Å². The summed E-state index contributed by atoms with van der Waals surface area (Å²) < 4.78 is 0. The normalized spacial score (nSPS) is 11.9. The minimum absolute atomic E-state index is 0.0825. The fraction of sp³-hybridized carbons (Fsp3) is 0.200. The molecule has 2 rings (SSSR count). The van der Waals surface area contributed by atoms with Crippen molar-refractivity contribution in [2.75, 3.05) is 0 Å². The van der Waals surface area contributed by atoms with Gasteiger partial charge in [0.2, 0.25) is 0 Å². The first-order chi connectivity index (χ1) is 9.20. The minimum atomic E-state index is -0.108. The molecule has 0 spiro atoms. The van der Waals surface area contributed by atoms with Crippen LogP contribution in [-0.4, -0.2) is 10.9 Å². The van der Waals surface area contributed by atoms with Crippen molar-refractivity contribution in [1.29, 1.82) is 0 Å². The highest BCUT2D eigenvalue weighted by Crippen LogP contribution is 2.12. The van der Waals surface area contributed by atoms with E-state index >= 15 is 0 Å². The molecule has 1 atom stereocenters. The minimum Gasteiger partial charge on any atom is -0.345 e. The topological polar surface area (TPSA) is 42.0 Å². The Labute approximate surface area is 117 Å². The van der Waals surface area contributed by atoms with Gasteiger partial charge in [0.15, 0.2) is 0 Å². The third-order valence-electron chi connectivity index (χ3n) is 2.88. The van der Waals surface area contributed by atoms with Crippen LogP contribution in [0.3, 0.4) is 0 Å². The van der Waals surface area contributed by atoms with E-state index in [9.17, 15) is 4.79 Å². The number of carbonyl (C=O) groups excluding carboxylic acids is 1. The average Bonchev–Trinajstić information content (AvgIpc) is 2.48. The largest absolute Gasteiger partial charge is 0.345 e. The number of halogens is 1. The van der Waals surface area contributed by atoms with Crippen molar-refractivity contribution >= 4 is 17.5 Å². The summed E-state index contributed by atoms with van der Waals surface area (Å²) in [6.45, 7) is 1.93. The maximum Gasteiger partial charge on any atom is 0.251 e. The Morgan fingerprint density at radius 2 is 2.21 bits per heavy atom. The van der Waals surface area contributed by atoms with Gasteiger partial charge in [0, 0.05) is 23.8 Å². The summed E-state index contributed by atoms with van der Waals surface area (Å²) >= 11 is 5.77. The second-order valence-corrected chi connectivity index (χ2v) is 4.58. The molecule has 4 heteroatoms. The lowest BCUT2D eigenvalue weighted by Gasteiger charge is -2.14. The molecule has 0 aliphatic carbocycles. The van der Waals surface area contributed by atoms with Crippen molar-refractivity contribution in [2.45, 2.75) is 18.8 Å². The van der Waals surface area contributed by atoms with E-state index in [4.69, 9.17) is 11.6 Å². The molecule has 3 nitrogen and oxygen atoms in total. The number of carbonyl (C=O) groups is 1. The second-order valence-electron chi connectivity index (χ2n) is 4.32. The van der Waals surface area contributed by atoms with Gasteiger partial charge >= 0.3 is 0 Å². The van der Waals surface area contributed by atoms with E-state index < -0.39 is 0 Å². The van der Waals surface area contributed by atoms with Crippen LogP contribution in [0.15, 0.2) is 48.8 Å². The summed E-state index contributed by atoms with van der Waals surface area (Å²) in [5, 5.41) is 2.94. The molecular weight excluding hydrogens is 260 g/mol. The molecule has 1 aromatic heterocycles. The molecule has 0 saturated carbocycles. The van der Waals surface area contributed by atoms with Crippen LogP contribution >= 0.6 is 11.6 Å². The monoisotopic (exact) mass is 274 g/mol. The number of pyridine rings is 1. The zero-order chi connectivity index (χ0) is 13.7. The Hall–Kier alpha value is -1.87. The van der Waals surface area contributed by atoms with Crippen LogP contribution in [0.1, 0.15) is 34.5 Å². The predicted octanol–water partition coefficient (Wildman–Crippen LogP) is 3.31. The lowest BCUT2D eigenvalue weighted by Crippen LogP contribution is -2.26. The van der Waals surface area contributed by atoms with E-state index in [1.165, 1.54) is 0 Å². The zero-order valence-electron chi connectivity index (χ0n) is 10.6. The summed E-state index contributed by atoms with van der Waals surface area (Å²) in [5.41, 5.74) is 2.53. The highest BCUT2D eigenvalue weighted by Gasteiger charge is 2.11. The fourth-order valence-electron chi connectivity index (χ4n) is 1.79. The van der Waals surface area contributed by atoms with Crippen LogP contribution in [0.2, 0.25) is 0 Å². The van der Waals surface area contributed by atoms with Crippen molar-refractivity contribution in [3.63, 3.8) is 0 Å². The molecule has 1 N–H and O–H groups in total. The maximum atomic E-state index is 12.1. The number of hydrogen-bond donors (Lipinski definition) is 1. The molecule has 0 aliphatic heterocycles. The molecule has 1 aromatic carbocycles. The Balaban J connectivity index is 2.08. The zero-order valence-corrected chi connectivity index (χ0v) is 11.4. The molecule has 0 radical (unpaired) electrons. The van der Waals surface area contributed by atoms with Crippen molar-refractivity contribution in [1.82, 2.24) is 10.3 Å². The molecule has 0 saturated heterocycles. The first-order valence-corrected chi connectivity index (χ1v) is 6.60. The first-order valence-electron chi connectivity index (χ1n) is 6.06. The van der Waals surface area contributed by atoms with Gasteiger partial charge in [-0.05, 0) is 36.2 Å². The van der Waals surface area contributed by atoms with Gasteiger partial charge in [0.05, 0.1) is 6.04 Å². The Morgan fingerprint density at radius 1 is 1.37 bits per heavy atom. The number of hydrogen-bond acceptors (Lipinski definition) is 2. The van der Waals surface area contributed by atoms with Crippen molar-refractivity contribution in [3.8, 4) is 0 Å². The molecule has 0 bridgehead atoms. The Morgan fingerprint density at radius 3 is 2.89 bits per heavy atom. The van der Waals surface area contributed by atoms with Crippen LogP contribution in [0.5, 0.6) is 0 Å². The maximum absolute atomic E-state index is 12.1. The molecule has 19 heavy (non-hydrogen) atoms. The smallest absolute Gasteiger partial charge is 0.251 e. The number of aromatic nitrogens is 1. The Bertz CT molecular complexity index is 557. The molecule has 1 amide bonds. The number of nitrogens with zero attached hydrogens (tertiary/aromatic N) is 1. The molecule has 2 aromatic rings. The van der Waals surface area contributed by atoms with Gasteiger partial charge < -0.3 is 5.32 Å². The van der Waals surface area contributed by atoms with Crippen LogP contribution in [0.25, 0.3) is 0 Å². The number of amides is 1. The van der Waals surface area contributed by atoms with Crippen LogP contribution in [0, 0.1) is 0 Å². The van der Waals surface area contributed by atoms with E-state index in [1.807, 2.05) is 31.2 Å². The molecular formula is C15H15ClN2O. The third kappa shape index (κ3) is 3.55. The lowest BCUT2D eigenvalue weighted by atomic mass is 10.1. The average molecular weight is 275 g/mol. The molecule has 98 valence electrons. The second kappa shape index (κ2) is 6.34. The summed E-state index contributed by atoms with van der Waals surface area (Å²) in [5.74, 6) is 0.294. The highest BCUT2D eigenvalue weighted by molar-refractivity contribution is 6.17. The van der Waals surface area contributed by atoms with Gasteiger partial charge in [-0.3, -0.25) is 9.78 Å². The van der Waals surface area contributed by atoms with Crippen LogP contribution in [-0.2, 0) is 5.88 Å². The van der Waals surface area contributed by atoms with Gasteiger partial charge in [-0.2, -0.15) is 0 Å². The van der Waals surface area contributed by atoms with Crippen LogP contribution in [0.4, 0.5) is 0 Å². The van der Waals surface area contributed by atoms with Crippen molar-refractivity contribution in [2.24, 2.45) is 0 Å². The van der Waals surface area contributed by atoms with Crippen molar-refractivity contribution < 1.29 is 4.79 Å². The molecule has 1 heterocycles. The van der Waals surface area contributed by atoms with Gasteiger partial charge in [-0.15, -0.1) is 11.6 Å². The van der Waals surface area contributed by atoms with Gasteiger partial charge in [-0.25, -0.2) is 0 Å². The standard InChI is InChI=1S/C15H15ClN2O/c1-11(14-6-3-7-17-10-14)18-15(19)13-5-2-4-12(8-13)9-16/h2-8,10-11H,9H2,1H3,(H,18,19). The fourth-order valence-corrected chi connectivity index (χ4v) is 1.96. The quantitative estimate of drug-likeness (QED) is 0.869. The van der Waals surface area contributed by atoms with Gasteiger partial charge in [-0.1, -0.05) is 18.2 Å². The van der Waals surface area contributed by atoms with Crippen molar-refractivity contribution in [3.05, 3.63) is 65.5 Å². The molecule has 0 fully saturated rings. The third-order valence-corrected chi connectivity index (χ3v) is 3.18. The lowest BCUT2D eigenvalue weighted by molar-refractivity contribution is 0.0940. The Kier molecular flexibility index (Phi) is 4.53. The molecule has 1 unspecified atom stereocenters. The number of benzene rings is 1. The molecule has 0 aliphatic rings. The summed E-state index contributed by atoms with van der Waals surface area (Å²) in [6.07, 6.45) is 3.46. The number of alkyl halides is 1. The van der Waals surface area contributed by atoms with E-state index in [1.54, 1.807) is 24.5 Å². The number of rotatable bonds is 4. The summed E-state index contributed by atoms with van der Waals surface area (Å²) in [6, 6.07) is 11.0. The SMILES string of the molecule is CC(NC(=O)c1cccc(CCl)c1)c1cccnc1. The predicted molar refractivity (Wildman–Crippen MR) is 76.1 cm³/mol. The van der Waals surface area contributed by atoms with Gasteiger partial charge in [0.1, 0.15) is 0 Å². The summed E-state index contributed by atoms with van der Waals surface area (Å²) in [4.78, 5) is 16.2. The highest BCUT2D eigenvalue weighted by atomic mass is 35.5. The summed E-state index contributed by atoms with van der Waals surface area (Å²) in [7, 11) is 0. The van der Waals surface area contributed by atoms with Gasteiger partial charge in [0.25, 0.3) is 5.91 Å². The van der Waals surface area contributed by atoms with Crippen LogP contribution < -0.4 is 5.32 Å².